The third-order valence-corrected chi connectivity index (χ3v) is 4.72. The molecule has 2 aliphatic rings. The molecule has 0 aromatic carbocycles. The average molecular weight is 278 g/mol. The van der Waals surface area contributed by atoms with E-state index in [1.807, 2.05) is 0 Å². The highest BCUT2D eigenvalue weighted by molar-refractivity contribution is 5.05. The van der Waals surface area contributed by atoms with E-state index in [-0.39, 0.29) is 5.54 Å². The lowest BCUT2D eigenvalue weighted by molar-refractivity contribution is 0.157. The quantitative estimate of drug-likeness (QED) is 0.919. The van der Waals surface area contributed by atoms with Gasteiger partial charge in [0, 0.05) is 23.5 Å². The fourth-order valence-electron chi connectivity index (χ4n) is 3.47. The van der Waals surface area contributed by atoms with Crippen LogP contribution in [0.3, 0.4) is 0 Å². The number of fused-ring (bicyclic) bond motifs is 2. The molecule has 0 saturated carbocycles. The van der Waals surface area contributed by atoms with Crippen LogP contribution < -0.4 is 5.32 Å². The van der Waals surface area contributed by atoms with Crippen LogP contribution in [0.2, 0.25) is 0 Å². The highest BCUT2D eigenvalue weighted by Crippen LogP contribution is 2.41. The van der Waals surface area contributed by atoms with Crippen molar-refractivity contribution < 1.29 is 4.52 Å². The molecular formula is C15H26N4O. The van der Waals surface area contributed by atoms with Gasteiger partial charge < -0.3 is 14.7 Å². The lowest BCUT2D eigenvalue weighted by Gasteiger charge is -2.34. The van der Waals surface area contributed by atoms with Gasteiger partial charge in [-0.3, -0.25) is 0 Å². The maximum Gasteiger partial charge on any atom is 0.240 e. The smallest absolute Gasteiger partial charge is 0.240 e. The summed E-state index contributed by atoms with van der Waals surface area (Å²) in [5.41, 5.74) is 0.0707. The first-order chi connectivity index (χ1) is 9.42. The Hall–Kier alpha value is -0.940. The van der Waals surface area contributed by atoms with Gasteiger partial charge in [-0.25, -0.2) is 0 Å². The van der Waals surface area contributed by atoms with E-state index in [9.17, 15) is 0 Å². The second-order valence-electron chi connectivity index (χ2n) is 7.37. The van der Waals surface area contributed by atoms with E-state index in [1.54, 1.807) is 0 Å². The van der Waals surface area contributed by atoms with Crippen molar-refractivity contribution in [3.8, 4) is 0 Å². The van der Waals surface area contributed by atoms with Gasteiger partial charge in [0.2, 0.25) is 5.89 Å². The van der Waals surface area contributed by atoms with E-state index in [0.717, 1.165) is 5.82 Å². The summed E-state index contributed by atoms with van der Waals surface area (Å²) in [6, 6.07) is 1.43. The Morgan fingerprint density at radius 1 is 1.25 bits per heavy atom. The zero-order valence-corrected chi connectivity index (χ0v) is 13.0. The number of piperidine rings is 1. The van der Waals surface area contributed by atoms with Crippen molar-refractivity contribution in [1.29, 1.82) is 0 Å². The Labute approximate surface area is 121 Å². The normalized spacial score (nSPS) is 30.9. The Morgan fingerprint density at radius 2 is 1.90 bits per heavy atom. The molecule has 0 aliphatic carbocycles. The summed E-state index contributed by atoms with van der Waals surface area (Å²) in [5.74, 6) is 2.11. The number of nitrogens with zero attached hydrogens (tertiary/aromatic N) is 3. The second-order valence-corrected chi connectivity index (χ2v) is 7.37. The first-order valence-corrected chi connectivity index (χ1v) is 7.72. The largest absolute Gasteiger partial charge is 0.338 e. The molecule has 3 rings (SSSR count). The van der Waals surface area contributed by atoms with Crippen LogP contribution in [-0.2, 0) is 6.54 Å². The van der Waals surface area contributed by atoms with Crippen molar-refractivity contribution in [1.82, 2.24) is 20.4 Å². The SMILES string of the molecule is CN1C2CCC1CC(c1noc(CNC(C)(C)C)n1)C2. The van der Waals surface area contributed by atoms with E-state index < -0.39 is 0 Å². The molecule has 20 heavy (non-hydrogen) atoms. The molecule has 0 amide bonds. The van der Waals surface area contributed by atoms with Crippen LogP contribution in [0.25, 0.3) is 0 Å². The summed E-state index contributed by atoms with van der Waals surface area (Å²) < 4.78 is 5.39. The summed E-state index contributed by atoms with van der Waals surface area (Å²) in [7, 11) is 2.26. The van der Waals surface area contributed by atoms with Crippen LogP contribution in [0.15, 0.2) is 4.52 Å². The van der Waals surface area contributed by atoms with Gasteiger partial charge in [-0.15, -0.1) is 0 Å². The predicted molar refractivity (Wildman–Crippen MR) is 77.4 cm³/mol. The molecule has 2 unspecified atom stereocenters. The molecule has 2 atom stereocenters. The van der Waals surface area contributed by atoms with Gasteiger partial charge in [-0.2, -0.15) is 4.98 Å². The van der Waals surface area contributed by atoms with Gasteiger partial charge in [0.25, 0.3) is 0 Å². The first kappa shape index (κ1) is 14.0. The number of hydrogen-bond donors (Lipinski definition) is 1. The molecule has 2 saturated heterocycles. The van der Waals surface area contributed by atoms with Crippen molar-refractivity contribution in [2.45, 2.75) is 76.5 Å². The lowest BCUT2D eigenvalue weighted by Crippen LogP contribution is -2.39. The topological polar surface area (TPSA) is 54.2 Å². The summed E-state index contributed by atoms with van der Waals surface area (Å²) in [4.78, 5) is 7.14. The standard InChI is InChI=1S/C15H26N4O/c1-15(2,3)16-9-13-17-14(18-20-13)10-7-11-5-6-12(8-10)19(11)4/h10-12,16H,5-9H2,1-4H3. The van der Waals surface area contributed by atoms with E-state index in [2.05, 4.69) is 48.2 Å². The fraction of sp³-hybridized carbons (Fsp3) is 0.867. The van der Waals surface area contributed by atoms with Crippen molar-refractivity contribution in [3.05, 3.63) is 11.7 Å². The summed E-state index contributed by atoms with van der Waals surface area (Å²) in [6.45, 7) is 7.06. The van der Waals surface area contributed by atoms with E-state index in [4.69, 9.17) is 4.52 Å². The molecular weight excluding hydrogens is 252 g/mol. The molecule has 3 heterocycles. The number of rotatable bonds is 3. The third-order valence-electron chi connectivity index (χ3n) is 4.72. The number of hydrogen-bond acceptors (Lipinski definition) is 5. The third kappa shape index (κ3) is 2.88. The maximum absolute atomic E-state index is 5.39. The minimum Gasteiger partial charge on any atom is -0.338 e. The summed E-state index contributed by atoms with van der Waals surface area (Å²) >= 11 is 0. The van der Waals surface area contributed by atoms with E-state index in [1.165, 1.54) is 25.7 Å². The van der Waals surface area contributed by atoms with Gasteiger partial charge in [0.05, 0.1) is 6.54 Å². The highest BCUT2D eigenvalue weighted by Gasteiger charge is 2.40. The zero-order valence-electron chi connectivity index (χ0n) is 13.0. The summed E-state index contributed by atoms with van der Waals surface area (Å²) in [6.07, 6.45) is 5.01. The monoisotopic (exact) mass is 278 g/mol. The van der Waals surface area contributed by atoms with Crippen molar-refractivity contribution in [3.63, 3.8) is 0 Å². The van der Waals surface area contributed by atoms with Gasteiger partial charge in [-0.1, -0.05) is 5.16 Å². The minimum atomic E-state index is 0.0707. The molecule has 0 spiro atoms. The maximum atomic E-state index is 5.39. The molecule has 0 radical (unpaired) electrons. The van der Waals surface area contributed by atoms with Gasteiger partial charge >= 0.3 is 0 Å². The Balaban J connectivity index is 1.63. The highest BCUT2D eigenvalue weighted by atomic mass is 16.5. The zero-order chi connectivity index (χ0) is 14.3. The van der Waals surface area contributed by atoms with Crippen LogP contribution in [0.1, 0.15) is 64.1 Å². The molecule has 5 nitrogen and oxygen atoms in total. The molecule has 1 aromatic rings. The molecule has 5 heteroatoms. The van der Waals surface area contributed by atoms with Crippen LogP contribution >= 0.6 is 0 Å². The van der Waals surface area contributed by atoms with Crippen LogP contribution in [0.4, 0.5) is 0 Å². The molecule has 112 valence electrons. The number of aromatic nitrogens is 2. The Bertz CT molecular complexity index is 451. The van der Waals surface area contributed by atoms with E-state index in [0.29, 0.717) is 30.4 Å². The summed E-state index contributed by atoms with van der Waals surface area (Å²) in [5, 5.41) is 7.60. The van der Waals surface area contributed by atoms with Gasteiger partial charge in [0.15, 0.2) is 5.82 Å². The number of nitrogens with one attached hydrogen (secondary N) is 1. The van der Waals surface area contributed by atoms with Crippen molar-refractivity contribution in [2.75, 3.05) is 7.05 Å². The van der Waals surface area contributed by atoms with Crippen molar-refractivity contribution in [2.24, 2.45) is 0 Å². The fourth-order valence-corrected chi connectivity index (χ4v) is 3.47. The van der Waals surface area contributed by atoms with Gasteiger partial charge in [-0.05, 0) is 53.5 Å². The predicted octanol–water partition coefficient (Wildman–Crippen LogP) is 2.30. The van der Waals surface area contributed by atoms with Crippen LogP contribution in [0, 0.1) is 0 Å². The first-order valence-electron chi connectivity index (χ1n) is 7.72. The second kappa shape index (κ2) is 5.11. The van der Waals surface area contributed by atoms with Crippen molar-refractivity contribution >= 4 is 0 Å². The molecule has 2 bridgehead atoms. The Morgan fingerprint density at radius 3 is 2.50 bits per heavy atom. The molecule has 1 aromatic heterocycles. The molecule has 2 fully saturated rings. The van der Waals surface area contributed by atoms with Crippen LogP contribution in [0.5, 0.6) is 0 Å². The lowest BCUT2D eigenvalue weighted by atomic mass is 9.90. The molecule has 2 aliphatic heterocycles. The van der Waals surface area contributed by atoms with Gasteiger partial charge in [0.1, 0.15) is 0 Å². The average Bonchev–Trinajstić information content (AvgIpc) is 2.89. The molecule has 1 N–H and O–H groups in total. The minimum absolute atomic E-state index is 0.0707. The Kier molecular flexibility index (Phi) is 3.58. The van der Waals surface area contributed by atoms with E-state index >= 15 is 0 Å². The van der Waals surface area contributed by atoms with Crippen LogP contribution in [-0.4, -0.2) is 39.7 Å².